The van der Waals surface area contributed by atoms with Crippen molar-refractivity contribution < 1.29 is 14.6 Å². The quantitative estimate of drug-likeness (QED) is 0.863. The summed E-state index contributed by atoms with van der Waals surface area (Å²) in [6.45, 7) is 6.31. The molecule has 0 aliphatic heterocycles. The van der Waals surface area contributed by atoms with Crippen molar-refractivity contribution in [3.8, 4) is 0 Å². The van der Waals surface area contributed by atoms with Gasteiger partial charge in [-0.25, -0.2) is 4.79 Å². The van der Waals surface area contributed by atoms with E-state index in [1.54, 1.807) is 6.07 Å². The number of hydrogen-bond donors (Lipinski definition) is 1. The molecule has 0 amide bonds. The summed E-state index contributed by atoms with van der Waals surface area (Å²) in [5.74, 6) is -0.623. The minimum absolute atomic E-state index is 0.312. The Morgan fingerprint density at radius 2 is 2.11 bits per heavy atom. The molecule has 1 aromatic carbocycles. The lowest BCUT2D eigenvalue weighted by Gasteiger charge is -2.16. The van der Waals surface area contributed by atoms with Crippen LogP contribution in [-0.4, -0.2) is 23.8 Å². The number of ether oxygens (including phenoxy) is 1. The summed E-state index contributed by atoms with van der Waals surface area (Å²) >= 11 is 6.02. The van der Waals surface area contributed by atoms with Gasteiger partial charge in [-0.1, -0.05) is 37.6 Å². The number of carboxylic acid groups (broad SMARTS) is 1. The zero-order chi connectivity index (χ0) is 13.7. The van der Waals surface area contributed by atoms with Gasteiger partial charge in [0.15, 0.2) is 6.10 Å². The van der Waals surface area contributed by atoms with Crippen LogP contribution in [0.15, 0.2) is 18.2 Å². The molecule has 1 atom stereocenters. The van der Waals surface area contributed by atoms with Crippen molar-refractivity contribution in [1.82, 2.24) is 0 Å². The van der Waals surface area contributed by atoms with E-state index >= 15 is 0 Å². The molecule has 0 fully saturated rings. The van der Waals surface area contributed by atoms with Gasteiger partial charge < -0.3 is 9.84 Å². The monoisotopic (exact) mass is 270 g/mol. The number of halogens is 1. The molecule has 0 aliphatic carbocycles. The lowest BCUT2D eigenvalue weighted by Crippen LogP contribution is -2.28. The van der Waals surface area contributed by atoms with E-state index in [-0.39, 0.29) is 0 Å². The SMILES string of the molecule is Cc1c(Cl)cccc1C[C@@H](OCC(C)C)C(=O)O. The van der Waals surface area contributed by atoms with Crippen LogP contribution in [0.3, 0.4) is 0 Å². The van der Waals surface area contributed by atoms with Gasteiger partial charge in [0.05, 0.1) is 6.61 Å². The van der Waals surface area contributed by atoms with Crippen molar-refractivity contribution >= 4 is 17.6 Å². The summed E-state index contributed by atoms with van der Waals surface area (Å²) < 4.78 is 5.42. The van der Waals surface area contributed by atoms with Crippen molar-refractivity contribution in [2.75, 3.05) is 6.61 Å². The van der Waals surface area contributed by atoms with Gasteiger partial charge in [-0.15, -0.1) is 0 Å². The zero-order valence-corrected chi connectivity index (χ0v) is 11.7. The molecule has 1 rings (SSSR count). The van der Waals surface area contributed by atoms with E-state index in [0.29, 0.717) is 24.0 Å². The van der Waals surface area contributed by atoms with E-state index in [2.05, 4.69) is 0 Å². The van der Waals surface area contributed by atoms with Gasteiger partial charge in [-0.2, -0.15) is 0 Å². The smallest absolute Gasteiger partial charge is 0.333 e. The van der Waals surface area contributed by atoms with Crippen LogP contribution in [0.5, 0.6) is 0 Å². The van der Waals surface area contributed by atoms with E-state index in [0.717, 1.165) is 11.1 Å². The molecule has 4 heteroatoms. The van der Waals surface area contributed by atoms with Crippen molar-refractivity contribution in [2.45, 2.75) is 33.3 Å². The molecular formula is C14H19ClO3. The average molecular weight is 271 g/mol. The topological polar surface area (TPSA) is 46.5 Å². The number of carbonyl (C=O) groups is 1. The lowest BCUT2D eigenvalue weighted by atomic mass is 10.0. The first kappa shape index (κ1) is 15.0. The van der Waals surface area contributed by atoms with Gasteiger partial charge in [0, 0.05) is 11.4 Å². The normalized spacial score (nSPS) is 12.7. The summed E-state index contributed by atoms with van der Waals surface area (Å²) in [4.78, 5) is 11.2. The Bertz CT molecular complexity index is 416. The maximum Gasteiger partial charge on any atom is 0.333 e. The summed E-state index contributed by atoms with van der Waals surface area (Å²) in [5, 5.41) is 9.80. The maximum absolute atomic E-state index is 11.2. The van der Waals surface area contributed by atoms with Crippen LogP contribution in [0.25, 0.3) is 0 Å². The highest BCUT2D eigenvalue weighted by Crippen LogP contribution is 2.20. The third-order valence-corrected chi connectivity index (χ3v) is 3.10. The Labute approximate surface area is 113 Å². The third kappa shape index (κ3) is 4.31. The van der Waals surface area contributed by atoms with E-state index in [1.807, 2.05) is 32.9 Å². The highest BCUT2D eigenvalue weighted by molar-refractivity contribution is 6.31. The van der Waals surface area contributed by atoms with Crippen molar-refractivity contribution in [3.05, 3.63) is 34.3 Å². The van der Waals surface area contributed by atoms with Crippen LogP contribution in [-0.2, 0) is 16.0 Å². The summed E-state index contributed by atoms with van der Waals surface area (Å²) in [5.41, 5.74) is 1.83. The van der Waals surface area contributed by atoms with Gasteiger partial charge in [-0.05, 0) is 30.0 Å². The fourth-order valence-electron chi connectivity index (χ4n) is 1.60. The average Bonchev–Trinajstić information content (AvgIpc) is 2.29. The molecule has 1 aromatic rings. The zero-order valence-electron chi connectivity index (χ0n) is 10.9. The molecule has 0 spiro atoms. The fraction of sp³-hybridized carbons (Fsp3) is 0.500. The van der Waals surface area contributed by atoms with Crippen LogP contribution in [0.2, 0.25) is 5.02 Å². The Balaban J connectivity index is 2.77. The third-order valence-electron chi connectivity index (χ3n) is 2.69. The van der Waals surface area contributed by atoms with Crippen LogP contribution < -0.4 is 0 Å². The second-order valence-corrected chi connectivity index (χ2v) is 5.19. The highest BCUT2D eigenvalue weighted by Gasteiger charge is 2.20. The molecule has 0 radical (unpaired) electrons. The molecule has 1 N–H and O–H groups in total. The van der Waals surface area contributed by atoms with E-state index in [1.165, 1.54) is 0 Å². The number of aliphatic carboxylic acids is 1. The fourth-order valence-corrected chi connectivity index (χ4v) is 1.79. The van der Waals surface area contributed by atoms with Crippen molar-refractivity contribution in [2.24, 2.45) is 5.92 Å². The maximum atomic E-state index is 11.2. The summed E-state index contributed by atoms with van der Waals surface area (Å²) in [6, 6.07) is 5.51. The molecule has 0 unspecified atom stereocenters. The first-order valence-electron chi connectivity index (χ1n) is 6.00. The van der Waals surface area contributed by atoms with Crippen molar-refractivity contribution in [3.63, 3.8) is 0 Å². The molecule has 100 valence electrons. The molecule has 0 aliphatic rings. The van der Waals surface area contributed by atoms with Crippen LogP contribution >= 0.6 is 11.6 Å². The number of rotatable bonds is 6. The number of benzene rings is 1. The van der Waals surface area contributed by atoms with Crippen LogP contribution in [0, 0.1) is 12.8 Å². The Hall–Kier alpha value is -1.06. The molecule has 18 heavy (non-hydrogen) atoms. The number of hydrogen-bond acceptors (Lipinski definition) is 2. The first-order chi connectivity index (χ1) is 8.41. The predicted molar refractivity (Wildman–Crippen MR) is 72.1 cm³/mol. The predicted octanol–water partition coefficient (Wildman–Crippen LogP) is 3.32. The van der Waals surface area contributed by atoms with Crippen molar-refractivity contribution in [1.29, 1.82) is 0 Å². The molecule has 3 nitrogen and oxygen atoms in total. The molecule has 0 saturated carbocycles. The molecule has 0 heterocycles. The molecule has 0 bridgehead atoms. The lowest BCUT2D eigenvalue weighted by molar-refractivity contribution is -0.150. The second kappa shape index (κ2) is 6.76. The Kier molecular flexibility index (Phi) is 5.63. The van der Waals surface area contributed by atoms with Gasteiger partial charge in [-0.3, -0.25) is 0 Å². The van der Waals surface area contributed by atoms with E-state index < -0.39 is 12.1 Å². The highest BCUT2D eigenvalue weighted by atomic mass is 35.5. The minimum atomic E-state index is -0.935. The van der Waals surface area contributed by atoms with Crippen LogP contribution in [0.4, 0.5) is 0 Å². The molecule has 0 aromatic heterocycles. The van der Waals surface area contributed by atoms with Gasteiger partial charge in [0.25, 0.3) is 0 Å². The summed E-state index contributed by atoms with van der Waals surface area (Å²) in [6.07, 6.45) is -0.474. The second-order valence-electron chi connectivity index (χ2n) is 4.78. The Morgan fingerprint density at radius 1 is 1.44 bits per heavy atom. The van der Waals surface area contributed by atoms with E-state index in [4.69, 9.17) is 21.4 Å². The molecule has 0 saturated heterocycles. The summed E-state index contributed by atoms with van der Waals surface area (Å²) in [7, 11) is 0. The van der Waals surface area contributed by atoms with Gasteiger partial charge >= 0.3 is 5.97 Å². The van der Waals surface area contributed by atoms with Gasteiger partial charge in [0.2, 0.25) is 0 Å². The standard InChI is InChI=1S/C14H19ClO3/c1-9(2)8-18-13(14(16)17)7-11-5-4-6-12(15)10(11)3/h4-6,9,13H,7-8H2,1-3H3,(H,16,17)/t13-/m1/s1. The molecular weight excluding hydrogens is 252 g/mol. The van der Waals surface area contributed by atoms with E-state index in [9.17, 15) is 4.79 Å². The first-order valence-corrected chi connectivity index (χ1v) is 6.38. The number of carboxylic acids is 1. The Morgan fingerprint density at radius 3 is 2.67 bits per heavy atom. The van der Waals surface area contributed by atoms with Gasteiger partial charge in [0.1, 0.15) is 0 Å². The van der Waals surface area contributed by atoms with Crippen LogP contribution in [0.1, 0.15) is 25.0 Å². The largest absolute Gasteiger partial charge is 0.479 e. The minimum Gasteiger partial charge on any atom is -0.479 e.